The van der Waals surface area contributed by atoms with E-state index in [-0.39, 0.29) is 11.7 Å². The van der Waals surface area contributed by atoms with E-state index in [0.717, 1.165) is 25.9 Å². The first-order valence-electron chi connectivity index (χ1n) is 9.97. The van der Waals surface area contributed by atoms with E-state index < -0.39 is 51.6 Å². The topological polar surface area (TPSA) is 191 Å². The molecule has 5 N–H and O–H groups in total. The molecule has 16 heteroatoms. The quantitative estimate of drug-likeness (QED) is 0.256. The third-order valence-corrected chi connectivity index (χ3v) is 9.93. The average Bonchev–Trinajstić information content (AvgIpc) is 3.39. The maximum absolute atomic E-state index is 12.1. The van der Waals surface area contributed by atoms with Crippen LogP contribution in [0, 0.1) is 0 Å². The van der Waals surface area contributed by atoms with Crippen molar-refractivity contribution in [1.29, 1.82) is 0 Å². The Bertz CT molecular complexity index is 1090. The Morgan fingerprint density at radius 1 is 1.12 bits per heavy atom. The highest BCUT2D eigenvalue weighted by molar-refractivity contribution is 7.72. The molecule has 2 aromatic rings. The number of hydrogen-bond donors (Lipinski definition) is 5. The van der Waals surface area contributed by atoms with E-state index in [4.69, 9.17) is 26.1 Å². The van der Waals surface area contributed by atoms with Crippen LogP contribution in [0.3, 0.4) is 0 Å². The number of aromatic nitrogens is 4. The first-order chi connectivity index (χ1) is 15.0. The molecule has 2 aliphatic heterocycles. The second kappa shape index (κ2) is 8.90. The first-order valence-corrected chi connectivity index (χ1v) is 14.2. The van der Waals surface area contributed by atoms with Crippen LogP contribution in [0.2, 0.25) is 5.28 Å². The maximum atomic E-state index is 12.1. The van der Waals surface area contributed by atoms with Crippen molar-refractivity contribution in [2.24, 2.45) is 0 Å². The van der Waals surface area contributed by atoms with Gasteiger partial charge in [-0.3, -0.25) is 13.7 Å². The molecule has 0 saturated carbocycles. The lowest BCUT2D eigenvalue weighted by molar-refractivity contribution is -0.0354. The van der Waals surface area contributed by atoms with Gasteiger partial charge >= 0.3 is 7.60 Å². The molecule has 0 aliphatic carbocycles. The molecule has 0 aromatic carbocycles. The van der Waals surface area contributed by atoms with Gasteiger partial charge in [-0.25, -0.2) is 4.98 Å². The number of anilines is 1. The molecule has 0 spiro atoms. The summed E-state index contributed by atoms with van der Waals surface area (Å²) in [6.07, 6.45) is -2.21. The summed E-state index contributed by atoms with van der Waals surface area (Å²) in [6, 6.07) is 0. The smallest absolute Gasteiger partial charge is 0.335 e. The average molecular weight is 512 g/mol. The van der Waals surface area contributed by atoms with Crippen molar-refractivity contribution in [1.82, 2.24) is 19.5 Å². The molecule has 0 radical (unpaired) electrons. The molecule has 178 valence electrons. The maximum Gasteiger partial charge on any atom is 0.335 e. The molecular formula is C16H24ClN5O8P2. The zero-order valence-corrected chi connectivity index (χ0v) is 19.4. The van der Waals surface area contributed by atoms with Crippen LogP contribution in [0.5, 0.6) is 0 Å². The summed E-state index contributed by atoms with van der Waals surface area (Å²) < 4.78 is 30.3. The third kappa shape index (κ3) is 5.01. The number of halogens is 1. The van der Waals surface area contributed by atoms with E-state index >= 15 is 0 Å². The molecule has 5 atom stereocenters. The number of fused-ring (bicyclic) bond motifs is 1. The highest BCUT2D eigenvalue weighted by atomic mass is 35.5. The van der Waals surface area contributed by atoms with Gasteiger partial charge in [0.2, 0.25) is 12.7 Å². The molecule has 2 aliphatic rings. The Morgan fingerprint density at radius 2 is 1.81 bits per heavy atom. The number of nitrogens with zero attached hydrogens (tertiary/aromatic N) is 5. The number of aliphatic hydroxyl groups is 2. The fourth-order valence-corrected chi connectivity index (χ4v) is 7.78. The SMILES string of the molecule is O=P(O)(O)CP(=O)(O)CC[C@H]1O[C@@H](n2cnc3c(N4CCCC4)nc(Cl)nc32)C(O)[C@H]1O. The van der Waals surface area contributed by atoms with Gasteiger partial charge in [0.1, 0.15) is 18.1 Å². The lowest BCUT2D eigenvalue weighted by atomic mass is 10.1. The largest absolute Gasteiger partial charge is 0.388 e. The minimum atomic E-state index is -4.68. The second-order valence-electron chi connectivity index (χ2n) is 8.05. The van der Waals surface area contributed by atoms with Gasteiger partial charge in [0.25, 0.3) is 0 Å². The van der Waals surface area contributed by atoms with Crippen LogP contribution in [0.25, 0.3) is 11.2 Å². The van der Waals surface area contributed by atoms with Crippen LogP contribution in [0.15, 0.2) is 6.33 Å². The standard InChI is InChI=1S/C16H24ClN5O8P2/c17-16-19-13(21-4-1-2-5-21)10-14(20-16)22(7-18-10)15-12(24)11(23)9(30-15)3-6-31(25,26)8-32(27,28)29/h7,9,11-12,15,23-24H,1-6,8H2,(H,25,26)(H2,27,28,29)/t9-,11+,12?,15-/m1/s1. The highest BCUT2D eigenvalue weighted by Gasteiger charge is 2.45. The van der Waals surface area contributed by atoms with Crippen molar-refractivity contribution in [3.05, 3.63) is 11.6 Å². The summed E-state index contributed by atoms with van der Waals surface area (Å²) in [4.78, 5) is 42.6. The molecule has 2 unspecified atom stereocenters. The number of hydrogen-bond acceptors (Lipinski definition) is 9. The number of rotatable bonds is 7. The summed E-state index contributed by atoms with van der Waals surface area (Å²) in [5.74, 6) is -0.588. The van der Waals surface area contributed by atoms with Gasteiger partial charge in [-0.05, 0) is 30.9 Å². The summed E-state index contributed by atoms with van der Waals surface area (Å²) in [5, 5.41) is 21.0. The van der Waals surface area contributed by atoms with Crippen molar-refractivity contribution in [2.45, 2.75) is 43.8 Å². The molecule has 4 rings (SSSR count). The van der Waals surface area contributed by atoms with Crippen LogP contribution in [-0.2, 0) is 13.9 Å². The van der Waals surface area contributed by atoms with Gasteiger partial charge in [-0.1, -0.05) is 0 Å². The fourth-order valence-electron chi connectivity index (χ4n) is 4.10. The van der Waals surface area contributed by atoms with Gasteiger partial charge in [-0.15, -0.1) is 0 Å². The predicted octanol–water partition coefficient (Wildman–Crippen LogP) is 0.495. The first kappa shape index (κ1) is 24.0. The van der Waals surface area contributed by atoms with Crippen LogP contribution < -0.4 is 4.90 Å². The molecular weight excluding hydrogens is 488 g/mol. The fraction of sp³-hybridized carbons (Fsp3) is 0.688. The zero-order valence-electron chi connectivity index (χ0n) is 16.8. The Balaban J connectivity index is 1.55. The van der Waals surface area contributed by atoms with Gasteiger partial charge in [0, 0.05) is 19.3 Å². The lowest BCUT2D eigenvalue weighted by Gasteiger charge is -2.19. The molecule has 32 heavy (non-hydrogen) atoms. The van der Waals surface area contributed by atoms with Crippen molar-refractivity contribution >= 4 is 43.5 Å². The zero-order chi connectivity index (χ0) is 23.3. The second-order valence-corrected chi connectivity index (χ2v) is 13.0. The summed E-state index contributed by atoms with van der Waals surface area (Å²) in [6.45, 7) is 1.60. The third-order valence-electron chi connectivity index (χ3n) is 5.56. The van der Waals surface area contributed by atoms with Crippen LogP contribution in [-0.4, -0.2) is 87.9 Å². The van der Waals surface area contributed by atoms with Gasteiger partial charge in [-0.2, -0.15) is 9.97 Å². The van der Waals surface area contributed by atoms with Crippen LogP contribution in [0.4, 0.5) is 5.82 Å². The lowest BCUT2D eigenvalue weighted by Crippen LogP contribution is -2.32. The minimum absolute atomic E-state index is 0.00982. The van der Waals surface area contributed by atoms with E-state index in [1.807, 2.05) is 4.90 Å². The van der Waals surface area contributed by atoms with E-state index in [1.165, 1.54) is 10.9 Å². The van der Waals surface area contributed by atoms with Gasteiger partial charge in [0.15, 0.2) is 23.2 Å². The van der Waals surface area contributed by atoms with Crippen LogP contribution in [0.1, 0.15) is 25.5 Å². The Hall–Kier alpha value is -1.14. The Labute approximate surface area is 187 Å². The molecule has 2 aromatic heterocycles. The summed E-state index contributed by atoms with van der Waals surface area (Å²) in [7, 11) is -8.84. The van der Waals surface area contributed by atoms with E-state index in [0.29, 0.717) is 17.0 Å². The summed E-state index contributed by atoms with van der Waals surface area (Å²) >= 11 is 6.12. The highest BCUT2D eigenvalue weighted by Crippen LogP contribution is 2.55. The number of ether oxygens (including phenoxy) is 1. The van der Waals surface area contributed by atoms with Crippen molar-refractivity contribution < 1.29 is 38.8 Å². The molecule has 0 bridgehead atoms. The summed E-state index contributed by atoms with van der Waals surface area (Å²) in [5.41, 5.74) is 0.768. The van der Waals surface area contributed by atoms with E-state index in [9.17, 15) is 24.2 Å². The molecule has 4 heterocycles. The number of aliphatic hydroxyl groups excluding tert-OH is 2. The number of imidazole rings is 1. The normalized spacial score (nSPS) is 28.5. The van der Waals surface area contributed by atoms with Crippen molar-refractivity contribution in [2.75, 3.05) is 30.1 Å². The Kier molecular flexibility index (Phi) is 6.68. The van der Waals surface area contributed by atoms with E-state index in [1.54, 1.807) is 0 Å². The predicted molar refractivity (Wildman–Crippen MR) is 114 cm³/mol. The monoisotopic (exact) mass is 511 g/mol. The Morgan fingerprint density at radius 3 is 2.47 bits per heavy atom. The molecule has 13 nitrogen and oxygen atoms in total. The molecule has 2 saturated heterocycles. The van der Waals surface area contributed by atoms with Crippen molar-refractivity contribution in [3.63, 3.8) is 0 Å². The van der Waals surface area contributed by atoms with Gasteiger partial charge in [0.05, 0.1) is 12.4 Å². The van der Waals surface area contributed by atoms with Crippen LogP contribution >= 0.6 is 26.6 Å². The minimum Gasteiger partial charge on any atom is -0.388 e. The van der Waals surface area contributed by atoms with E-state index in [2.05, 4.69) is 15.0 Å². The van der Waals surface area contributed by atoms with Crippen molar-refractivity contribution in [3.8, 4) is 0 Å². The molecule has 0 amide bonds. The van der Waals surface area contributed by atoms with Gasteiger partial charge < -0.3 is 34.5 Å². The molecule has 2 fully saturated rings.